The van der Waals surface area contributed by atoms with Crippen LogP contribution in [0.4, 0.5) is 0 Å². The summed E-state index contributed by atoms with van der Waals surface area (Å²) in [5.41, 5.74) is 1.11. The maximum atomic E-state index is 12.9. The zero-order valence-electron chi connectivity index (χ0n) is 16.6. The second-order valence-electron chi connectivity index (χ2n) is 7.55. The van der Waals surface area contributed by atoms with Crippen LogP contribution in [0.3, 0.4) is 0 Å². The summed E-state index contributed by atoms with van der Waals surface area (Å²) >= 11 is 6.24. The van der Waals surface area contributed by atoms with Crippen molar-refractivity contribution in [2.75, 3.05) is 13.1 Å². The molecule has 0 aliphatic carbocycles. The van der Waals surface area contributed by atoms with Crippen molar-refractivity contribution < 1.29 is 13.2 Å². The van der Waals surface area contributed by atoms with Crippen LogP contribution in [0, 0.1) is 0 Å². The van der Waals surface area contributed by atoms with Crippen molar-refractivity contribution in [3.8, 4) is 0 Å². The van der Waals surface area contributed by atoms with Crippen molar-refractivity contribution in [3.63, 3.8) is 0 Å². The Kier molecular flexibility index (Phi) is 5.82. The summed E-state index contributed by atoms with van der Waals surface area (Å²) in [7, 11) is -3.62. The predicted octanol–water partition coefficient (Wildman–Crippen LogP) is 4.77. The van der Waals surface area contributed by atoms with Gasteiger partial charge in [0, 0.05) is 13.1 Å². The predicted molar refractivity (Wildman–Crippen MR) is 119 cm³/mol. The van der Waals surface area contributed by atoms with E-state index in [2.05, 4.69) is 5.32 Å². The first-order chi connectivity index (χ1) is 14.4. The van der Waals surface area contributed by atoms with E-state index in [9.17, 15) is 13.2 Å². The van der Waals surface area contributed by atoms with Gasteiger partial charge in [0.25, 0.3) is 5.91 Å². The van der Waals surface area contributed by atoms with E-state index in [1.54, 1.807) is 0 Å². The number of hydrogen-bond acceptors (Lipinski definition) is 3. The molecular weight excluding hydrogens is 420 g/mol. The van der Waals surface area contributed by atoms with E-state index < -0.39 is 15.9 Å². The molecule has 0 bridgehead atoms. The summed E-state index contributed by atoms with van der Waals surface area (Å²) in [6, 6.07) is 18.1. The highest BCUT2D eigenvalue weighted by Gasteiger charge is 2.28. The Morgan fingerprint density at radius 2 is 1.70 bits per heavy atom. The number of halogens is 1. The van der Waals surface area contributed by atoms with Crippen LogP contribution in [0.1, 0.15) is 41.7 Å². The fourth-order valence-corrected chi connectivity index (χ4v) is 5.50. The second kappa shape index (κ2) is 8.38. The van der Waals surface area contributed by atoms with Crippen molar-refractivity contribution in [2.45, 2.75) is 30.7 Å². The van der Waals surface area contributed by atoms with Gasteiger partial charge in [-0.1, -0.05) is 48.0 Å². The van der Waals surface area contributed by atoms with Gasteiger partial charge in [-0.15, -0.1) is 0 Å². The van der Waals surface area contributed by atoms with Gasteiger partial charge in [0.2, 0.25) is 10.0 Å². The van der Waals surface area contributed by atoms with Crippen molar-refractivity contribution in [2.24, 2.45) is 0 Å². The average molecular weight is 443 g/mol. The number of amides is 1. The number of benzene rings is 3. The lowest BCUT2D eigenvalue weighted by Crippen LogP contribution is -2.29. The average Bonchev–Trinajstić information content (AvgIpc) is 3.29. The van der Waals surface area contributed by atoms with Crippen LogP contribution >= 0.6 is 11.6 Å². The third kappa shape index (κ3) is 4.08. The van der Waals surface area contributed by atoms with Crippen LogP contribution in [0.5, 0.6) is 0 Å². The number of carbonyl (C=O) groups excluding carboxylic acids is 1. The molecule has 1 aliphatic heterocycles. The first kappa shape index (κ1) is 20.8. The van der Waals surface area contributed by atoms with Gasteiger partial charge < -0.3 is 5.32 Å². The number of sulfonamides is 1. The molecule has 3 aromatic rings. The lowest BCUT2D eigenvalue weighted by atomic mass is 10.0. The molecule has 1 aliphatic rings. The van der Waals surface area contributed by atoms with Crippen molar-refractivity contribution >= 4 is 38.3 Å². The summed E-state index contributed by atoms with van der Waals surface area (Å²) in [4.78, 5) is 13.0. The number of nitrogens with one attached hydrogen (secondary N) is 1. The van der Waals surface area contributed by atoms with Gasteiger partial charge in [0.1, 0.15) is 0 Å². The highest BCUT2D eigenvalue weighted by atomic mass is 35.5. The summed E-state index contributed by atoms with van der Waals surface area (Å²) in [6.45, 7) is 2.90. The summed E-state index contributed by atoms with van der Waals surface area (Å²) in [5, 5.41) is 5.37. The SMILES string of the molecule is CC(NC(=O)c1cc(S(=O)(=O)N2CCCC2)ccc1Cl)c1ccc2ccccc2c1. The first-order valence-electron chi connectivity index (χ1n) is 9.95. The van der Waals surface area contributed by atoms with Gasteiger partial charge in [-0.25, -0.2) is 8.42 Å². The lowest BCUT2D eigenvalue weighted by molar-refractivity contribution is 0.0940. The molecule has 0 saturated carbocycles. The van der Waals surface area contributed by atoms with Crippen molar-refractivity contribution in [3.05, 3.63) is 76.8 Å². The maximum absolute atomic E-state index is 12.9. The molecule has 4 rings (SSSR count). The molecule has 1 amide bonds. The molecule has 1 saturated heterocycles. The maximum Gasteiger partial charge on any atom is 0.253 e. The quantitative estimate of drug-likeness (QED) is 0.619. The molecular formula is C23H23ClN2O3S. The van der Waals surface area contributed by atoms with Gasteiger partial charge in [-0.05, 0) is 60.4 Å². The third-order valence-corrected chi connectivity index (χ3v) is 7.73. The zero-order valence-corrected chi connectivity index (χ0v) is 18.2. The largest absolute Gasteiger partial charge is 0.345 e. The van der Waals surface area contributed by atoms with Crippen LogP contribution in [0.2, 0.25) is 5.02 Å². The summed E-state index contributed by atoms with van der Waals surface area (Å²) < 4.78 is 27.1. The van der Waals surface area contributed by atoms with Crippen LogP contribution in [0.15, 0.2) is 65.6 Å². The molecule has 1 fully saturated rings. The zero-order chi connectivity index (χ0) is 21.3. The van der Waals surface area contributed by atoms with Crippen molar-refractivity contribution in [1.29, 1.82) is 0 Å². The van der Waals surface area contributed by atoms with E-state index in [1.807, 2.05) is 49.4 Å². The van der Waals surface area contributed by atoms with Gasteiger partial charge in [0.15, 0.2) is 0 Å². The van der Waals surface area contributed by atoms with E-state index in [0.717, 1.165) is 29.2 Å². The van der Waals surface area contributed by atoms with E-state index in [-0.39, 0.29) is 21.5 Å². The van der Waals surface area contributed by atoms with Gasteiger partial charge in [0.05, 0.1) is 21.5 Å². The molecule has 1 unspecified atom stereocenters. The van der Waals surface area contributed by atoms with Gasteiger partial charge in [-0.3, -0.25) is 4.79 Å². The highest BCUT2D eigenvalue weighted by molar-refractivity contribution is 7.89. The Balaban J connectivity index is 1.57. The standard InChI is InChI=1S/C23H23ClN2O3S/c1-16(18-9-8-17-6-2-3-7-19(17)14-18)25-23(27)21-15-20(10-11-22(21)24)30(28,29)26-12-4-5-13-26/h2-3,6-11,14-16H,4-5,12-13H2,1H3,(H,25,27). The monoisotopic (exact) mass is 442 g/mol. The number of fused-ring (bicyclic) bond motifs is 1. The van der Waals surface area contributed by atoms with E-state index >= 15 is 0 Å². The van der Waals surface area contributed by atoms with E-state index in [4.69, 9.17) is 11.6 Å². The number of hydrogen-bond donors (Lipinski definition) is 1. The Bertz CT molecular complexity index is 1200. The van der Waals surface area contributed by atoms with Crippen LogP contribution in [-0.2, 0) is 10.0 Å². The van der Waals surface area contributed by atoms with Crippen molar-refractivity contribution in [1.82, 2.24) is 9.62 Å². The minimum atomic E-state index is -3.62. The molecule has 5 nitrogen and oxygen atoms in total. The second-order valence-corrected chi connectivity index (χ2v) is 9.90. The molecule has 0 spiro atoms. The normalized spacial score (nSPS) is 15.9. The summed E-state index contributed by atoms with van der Waals surface area (Å²) in [6.07, 6.45) is 1.70. The molecule has 7 heteroatoms. The van der Waals surface area contributed by atoms with Crippen LogP contribution < -0.4 is 5.32 Å². The Labute approximate surface area is 181 Å². The molecule has 1 atom stereocenters. The minimum absolute atomic E-state index is 0.0947. The fraction of sp³-hybridized carbons (Fsp3) is 0.261. The molecule has 3 aromatic carbocycles. The molecule has 0 aromatic heterocycles. The number of nitrogens with zero attached hydrogens (tertiary/aromatic N) is 1. The first-order valence-corrected chi connectivity index (χ1v) is 11.8. The number of carbonyl (C=O) groups is 1. The Morgan fingerprint density at radius 3 is 2.43 bits per heavy atom. The number of rotatable bonds is 5. The topological polar surface area (TPSA) is 66.5 Å². The Morgan fingerprint density at radius 1 is 1.00 bits per heavy atom. The summed E-state index contributed by atoms with van der Waals surface area (Å²) in [5.74, 6) is -0.404. The van der Waals surface area contributed by atoms with Gasteiger partial charge >= 0.3 is 0 Å². The molecule has 0 radical (unpaired) electrons. The molecule has 1 N–H and O–H groups in total. The molecule has 30 heavy (non-hydrogen) atoms. The Hall–Kier alpha value is -2.41. The van der Waals surface area contributed by atoms with E-state index in [1.165, 1.54) is 22.5 Å². The molecule has 1 heterocycles. The smallest absolute Gasteiger partial charge is 0.253 e. The minimum Gasteiger partial charge on any atom is -0.345 e. The van der Waals surface area contributed by atoms with E-state index in [0.29, 0.717) is 13.1 Å². The highest BCUT2D eigenvalue weighted by Crippen LogP contribution is 2.26. The lowest BCUT2D eigenvalue weighted by Gasteiger charge is -2.18. The molecule has 156 valence electrons. The van der Waals surface area contributed by atoms with Crippen LogP contribution in [-0.4, -0.2) is 31.7 Å². The van der Waals surface area contributed by atoms with Crippen LogP contribution in [0.25, 0.3) is 10.8 Å². The van der Waals surface area contributed by atoms with Gasteiger partial charge in [-0.2, -0.15) is 4.31 Å². The third-order valence-electron chi connectivity index (χ3n) is 5.51. The fourth-order valence-electron chi connectivity index (χ4n) is 3.75.